The summed E-state index contributed by atoms with van der Waals surface area (Å²) in [4.78, 5) is 12.8. The van der Waals surface area contributed by atoms with Crippen LogP contribution < -0.4 is 5.32 Å². The molecule has 0 spiro atoms. The lowest BCUT2D eigenvalue weighted by Gasteiger charge is -2.53. The van der Waals surface area contributed by atoms with E-state index in [0.29, 0.717) is 16.9 Å². The molecule has 2 nitrogen and oxygen atoms in total. The van der Waals surface area contributed by atoms with Crippen molar-refractivity contribution in [2.45, 2.75) is 32.1 Å². The molecule has 5 rings (SSSR count). The third-order valence-electron chi connectivity index (χ3n) is 5.74. The van der Waals surface area contributed by atoms with Gasteiger partial charge in [0.15, 0.2) is 0 Å². The van der Waals surface area contributed by atoms with E-state index < -0.39 is 0 Å². The van der Waals surface area contributed by atoms with Crippen LogP contribution in [-0.4, -0.2) is 5.91 Å². The third-order valence-corrected chi connectivity index (χ3v) is 7.14. The average Bonchev–Trinajstić information content (AvgIpc) is 2.42. The molecule has 0 radical (unpaired) electrons. The van der Waals surface area contributed by atoms with Gasteiger partial charge in [-0.25, -0.2) is 0 Å². The number of carbonyl (C=O) groups is 1. The molecular formula is C17H19BrClNO. The first-order chi connectivity index (χ1) is 10.1. The summed E-state index contributed by atoms with van der Waals surface area (Å²) < 4.78 is 0.781. The second kappa shape index (κ2) is 5.27. The van der Waals surface area contributed by atoms with Crippen molar-refractivity contribution >= 4 is 39.1 Å². The van der Waals surface area contributed by atoms with Crippen molar-refractivity contribution in [3.05, 3.63) is 27.7 Å². The topological polar surface area (TPSA) is 29.1 Å². The molecule has 4 heteroatoms. The van der Waals surface area contributed by atoms with Gasteiger partial charge in [0.05, 0.1) is 15.2 Å². The van der Waals surface area contributed by atoms with Crippen LogP contribution in [0.4, 0.5) is 5.69 Å². The highest BCUT2D eigenvalue weighted by molar-refractivity contribution is 9.10. The number of rotatable bonds is 2. The largest absolute Gasteiger partial charge is 0.325 e. The average molecular weight is 369 g/mol. The number of amides is 1. The van der Waals surface area contributed by atoms with Crippen molar-refractivity contribution < 1.29 is 4.79 Å². The van der Waals surface area contributed by atoms with Crippen LogP contribution in [0.5, 0.6) is 0 Å². The Kier molecular flexibility index (Phi) is 3.54. The minimum atomic E-state index is 0.201. The van der Waals surface area contributed by atoms with Gasteiger partial charge in [-0.3, -0.25) is 4.79 Å². The van der Waals surface area contributed by atoms with Crippen molar-refractivity contribution in [1.29, 1.82) is 0 Å². The summed E-state index contributed by atoms with van der Waals surface area (Å²) in [6.45, 7) is 0. The van der Waals surface area contributed by atoms with E-state index >= 15 is 0 Å². The van der Waals surface area contributed by atoms with Gasteiger partial charge < -0.3 is 5.32 Å². The fourth-order valence-corrected chi connectivity index (χ4v) is 5.71. The molecular weight excluding hydrogens is 350 g/mol. The smallest absolute Gasteiger partial charge is 0.228 e. The monoisotopic (exact) mass is 367 g/mol. The molecule has 0 atom stereocenters. The maximum absolute atomic E-state index is 12.8. The van der Waals surface area contributed by atoms with Crippen LogP contribution >= 0.6 is 27.5 Å². The summed E-state index contributed by atoms with van der Waals surface area (Å²) in [6, 6.07) is 5.60. The minimum absolute atomic E-state index is 0.201. The number of anilines is 1. The molecule has 4 aliphatic carbocycles. The Bertz CT molecular complexity index is 560. The zero-order valence-corrected chi connectivity index (χ0v) is 14.2. The molecule has 4 bridgehead atoms. The van der Waals surface area contributed by atoms with Gasteiger partial charge >= 0.3 is 0 Å². The second-order valence-corrected chi connectivity index (χ2v) is 8.25. The first-order valence-electron chi connectivity index (χ1n) is 7.86. The van der Waals surface area contributed by atoms with E-state index in [1.54, 1.807) is 0 Å². The lowest BCUT2D eigenvalue weighted by Crippen LogP contribution is -2.49. The second-order valence-electron chi connectivity index (χ2n) is 7.05. The van der Waals surface area contributed by atoms with Crippen LogP contribution in [0.15, 0.2) is 22.7 Å². The van der Waals surface area contributed by atoms with Gasteiger partial charge in [-0.15, -0.1) is 0 Å². The van der Waals surface area contributed by atoms with Gasteiger partial charge in [-0.2, -0.15) is 0 Å². The summed E-state index contributed by atoms with van der Waals surface area (Å²) in [6.07, 6.45) is 6.48. The van der Waals surface area contributed by atoms with E-state index in [-0.39, 0.29) is 11.8 Å². The Morgan fingerprint density at radius 3 is 2.33 bits per heavy atom. The summed E-state index contributed by atoms with van der Waals surface area (Å²) in [5.41, 5.74) is 0.793. The number of nitrogens with one attached hydrogen (secondary N) is 1. The lowest BCUT2D eigenvalue weighted by molar-refractivity contribution is -0.132. The van der Waals surface area contributed by atoms with E-state index in [1.165, 1.54) is 32.1 Å². The van der Waals surface area contributed by atoms with E-state index in [1.807, 2.05) is 18.2 Å². The molecule has 4 aliphatic rings. The summed E-state index contributed by atoms with van der Waals surface area (Å²) in [5, 5.41) is 3.75. The van der Waals surface area contributed by atoms with Crippen LogP contribution in [0.25, 0.3) is 0 Å². The van der Waals surface area contributed by atoms with Crippen LogP contribution in [0.1, 0.15) is 32.1 Å². The Hall–Kier alpha value is -0.540. The normalized spacial score (nSPS) is 36.8. The van der Waals surface area contributed by atoms with Gasteiger partial charge in [-0.1, -0.05) is 17.7 Å². The number of halogens is 2. The summed E-state index contributed by atoms with van der Waals surface area (Å²) in [7, 11) is 0. The van der Waals surface area contributed by atoms with Crippen LogP contribution in [-0.2, 0) is 4.79 Å². The Balaban J connectivity index is 1.54. The van der Waals surface area contributed by atoms with Crippen LogP contribution in [0.2, 0.25) is 5.02 Å². The Morgan fingerprint density at radius 1 is 1.10 bits per heavy atom. The molecule has 1 N–H and O–H groups in total. The molecule has 0 saturated heterocycles. The highest BCUT2D eigenvalue weighted by Gasteiger charge is 2.50. The van der Waals surface area contributed by atoms with Crippen molar-refractivity contribution in [3.63, 3.8) is 0 Å². The zero-order valence-electron chi connectivity index (χ0n) is 11.8. The third kappa shape index (κ3) is 2.43. The Morgan fingerprint density at radius 2 is 1.71 bits per heavy atom. The van der Waals surface area contributed by atoms with Crippen molar-refractivity contribution in [2.75, 3.05) is 5.32 Å². The van der Waals surface area contributed by atoms with Crippen LogP contribution in [0.3, 0.4) is 0 Å². The predicted molar refractivity (Wildman–Crippen MR) is 88.3 cm³/mol. The van der Waals surface area contributed by atoms with Crippen molar-refractivity contribution in [1.82, 2.24) is 0 Å². The molecule has 112 valence electrons. The fourth-order valence-electron chi connectivity index (χ4n) is 5.17. The van der Waals surface area contributed by atoms with Gasteiger partial charge in [-0.05, 0) is 83.8 Å². The Labute approximate surface area is 138 Å². The highest BCUT2D eigenvalue weighted by Crippen LogP contribution is 2.56. The number of benzene rings is 1. The molecule has 21 heavy (non-hydrogen) atoms. The summed E-state index contributed by atoms with van der Waals surface area (Å²) >= 11 is 9.57. The first kappa shape index (κ1) is 14.1. The molecule has 1 aromatic carbocycles. The minimum Gasteiger partial charge on any atom is -0.325 e. The van der Waals surface area contributed by atoms with Gasteiger partial charge in [0.1, 0.15) is 0 Å². The molecule has 1 aromatic rings. The van der Waals surface area contributed by atoms with Crippen molar-refractivity contribution in [3.8, 4) is 0 Å². The van der Waals surface area contributed by atoms with Gasteiger partial charge in [0, 0.05) is 5.92 Å². The fraction of sp³-hybridized carbons (Fsp3) is 0.588. The molecule has 0 aromatic heterocycles. The van der Waals surface area contributed by atoms with E-state index in [9.17, 15) is 4.79 Å². The van der Waals surface area contributed by atoms with E-state index in [2.05, 4.69) is 21.2 Å². The number of carbonyl (C=O) groups excluding carboxylic acids is 1. The number of hydrogen-bond acceptors (Lipinski definition) is 1. The lowest BCUT2D eigenvalue weighted by atomic mass is 9.51. The summed E-state index contributed by atoms with van der Waals surface area (Å²) in [5.74, 6) is 3.43. The molecule has 4 fully saturated rings. The van der Waals surface area contributed by atoms with Gasteiger partial charge in [0.2, 0.25) is 5.91 Å². The van der Waals surface area contributed by atoms with E-state index in [0.717, 1.165) is 22.0 Å². The molecule has 0 unspecified atom stereocenters. The standard InChI is InChI=1S/C17H19BrClNO/c18-16-13(19)2-1-3-14(16)20-17(21)15-11-5-9-4-10(7-11)8-12(15)6-9/h1-3,9-12,15H,4-8H2,(H,20,21). The first-order valence-corrected chi connectivity index (χ1v) is 9.03. The van der Waals surface area contributed by atoms with Gasteiger partial charge in [0.25, 0.3) is 0 Å². The molecule has 0 aliphatic heterocycles. The molecule has 1 amide bonds. The maximum atomic E-state index is 12.8. The van der Waals surface area contributed by atoms with Crippen LogP contribution in [0, 0.1) is 29.6 Å². The van der Waals surface area contributed by atoms with Crippen molar-refractivity contribution in [2.24, 2.45) is 29.6 Å². The predicted octanol–water partition coefficient (Wildman–Crippen LogP) is 5.11. The zero-order chi connectivity index (χ0) is 14.6. The molecule has 0 heterocycles. The number of hydrogen-bond donors (Lipinski definition) is 1. The molecule has 4 saturated carbocycles. The van der Waals surface area contributed by atoms with E-state index in [4.69, 9.17) is 11.6 Å². The SMILES string of the molecule is O=C(Nc1cccc(Cl)c1Br)C1C2CC3CC(C2)CC1C3. The maximum Gasteiger partial charge on any atom is 0.228 e. The highest BCUT2D eigenvalue weighted by atomic mass is 79.9. The quantitative estimate of drug-likeness (QED) is 0.772.